The number of nitrogens with zero attached hydrogens (tertiary/aromatic N) is 1. The molecule has 4 saturated carbocycles. The maximum Gasteiger partial charge on any atom is 0.311 e. The average molecular weight is 596 g/mol. The molecule has 1 heterocycles. The van der Waals surface area contributed by atoms with Crippen molar-refractivity contribution in [2.24, 2.45) is 28.6 Å². The Hall–Kier alpha value is -1.76. The third kappa shape index (κ3) is 6.23. The van der Waals surface area contributed by atoms with Crippen LogP contribution in [-0.2, 0) is 14.9 Å². The lowest BCUT2D eigenvalue weighted by atomic mass is 9.60. The number of aliphatic hydroxyl groups excluding tert-OH is 2. The van der Waals surface area contributed by atoms with Crippen molar-refractivity contribution >= 4 is 17.3 Å². The highest BCUT2D eigenvalue weighted by Gasteiger charge is 2.56. The highest BCUT2D eigenvalue weighted by Crippen LogP contribution is 2.60. The first kappa shape index (κ1) is 31.7. The summed E-state index contributed by atoms with van der Waals surface area (Å²) < 4.78 is 6.35. The number of fused-ring (bicyclic) bond motifs is 1. The van der Waals surface area contributed by atoms with Gasteiger partial charge in [-0.25, -0.2) is 4.98 Å². The van der Waals surface area contributed by atoms with Crippen molar-refractivity contribution in [3.05, 3.63) is 51.5 Å². The molecular weight excluding hydrogens is 542 g/mol. The van der Waals surface area contributed by atoms with Crippen molar-refractivity contribution in [3.8, 4) is 0 Å². The molecule has 7 atom stereocenters. The van der Waals surface area contributed by atoms with E-state index in [1.54, 1.807) is 11.3 Å². The molecule has 232 valence electrons. The molecule has 4 fully saturated rings. The third-order valence-electron chi connectivity index (χ3n) is 11.2. The number of esters is 1. The van der Waals surface area contributed by atoms with Crippen LogP contribution in [0, 0.1) is 35.5 Å². The van der Waals surface area contributed by atoms with Crippen LogP contribution in [0.25, 0.3) is 0 Å². The molecule has 6 heteroatoms. The minimum Gasteiger partial charge on any atom is -0.461 e. The number of allylic oxidation sites excluding steroid dienone is 3. The second kappa shape index (κ2) is 12.0. The van der Waals surface area contributed by atoms with Gasteiger partial charge in [-0.1, -0.05) is 38.2 Å². The first-order chi connectivity index (χ1) is 19.7. The predicted molar refractivity (Wildman–Crippen MR) is 170 cm³/mol. The summed E-state index contributed by atoms with van der Waals surface area (Å²) in [6, 6.07) is 0. The van der Waals surface area contributed by atoms with Gasteiger partial charge in [-0.2, -0.15) is 0 Å². The van der Waals surface area contributed by atoms with Crippen LogP contribution in [0.15, 0.2) is 40.8 Å². The summed E-state index contributed by atoms with van der Waals surface area (Å²) >= 11 is 1.72. The van der Waals surface area contributed by atoms with Gasteiger partial charge < -0.3 is 14.9 Å². The molecular formula is C36H53NO4S. The molecule has 5 nitrogen and oxygen atoms in total. The molecule has 4 aliphatic carbocycles. The molecule has 5 rings (SSSR count). The largest absolute Gasteiger partial charge is 0.461 e. The standard InChI is InChI=1S/C36H53NO4S/c1-22(10-15-31(41-33(40)34(4,5)6)36(17-18-36)32-37-23(2)21-42-32)28-13-14-29-25(9-8-16-35(28,29)7)11-12-26-19-27(38)20-30(39)24(26)3/h11-12,21-22,27-31,38-39H,3,8-10,13-20H2,1-2,4-7H3/t22-,27-,28-,29+,30+,31+,35-/m1/s1. The quantitative estimate of drug-likeness (QED) is 0.298. The topological polar surface area (TPSA) is 79.7 Å². The Labute approximate surface area is 257 Å². The number of rotatable bonds is 8. The normalized spacial score (nSPS) is 34.3. The number of hydrogen-bond donors (Lipinski definition) is 2. The van der Waals surface area contributed by atoms with E-state index in [1.807, 2.05) is 27.7 Å². The molecule has 0 aliphatic heterocycles. The monoisotopic (exact) mass is 595 g/mol. The smallest absolute Gasteiger partial charge is 0.311 e. The SMILES string of the molecule is C=C1C(=CC=C2CCC[C@]3(C)[C@@H]([C@H](C)CC[C@H](OC(=O)C(C)(C)C)C4(c5nc(C)cs5)CC4)CC[C@@H]23)C[C@@H](O)C[C@@H]1O. The number of aryl methyl sites for hydroxylation is 1. The lowest BCUT2D eigenvalue weighted by Crippen LogP contribution is -2.38. The van der Waals surface area contributed by atoms with Crippen LogP contribution in [0.5, 0.6) is 0 Å². The summed E-state index contributed by atoms with van der Waals surface area (Å²) in [6.45, 7) is 16.9. The Bertz CT molecular complexity index is 1230. The Kier molecular flexibility index (Phi) is 9.02. The summed E-state index contributed by atoms with van der Waals surface area (Å²) in [5.74, 6) is 1.66. The number of aliphatic hydroxyl groups is 2. The predicted octanol–water partition coefficient (Wildman–Crippen LogP) is 8.00. The summed E-state index contributed by atoms with van der Waals surface area (Å²) in [4.78, 5) is 18.0. The van der Waals surface area contributed by atoms with Gasteiger partial charge in [-0.05, 0) is 126 Å². The Morgan fingerprint density at radius 2 is 1.95 bits per heavy atom. The van der Waals surface area contributed by atoms with Crippen LogP contribution in [0.4, 0.5) is 0 Å². The van der Waals surface area contributed by atoms with Gasteiger partial charge in [0.05, 0.1) is 23.0 Å². The van der Waals surface area contributed by atoms with Crippen molar-refractivity contribution in [3.63, 3.8) is 0 Å². The van der Waals surface area contributed by atoms with Gasteiger partial charge >= 0.3 is 5.97 Å². The van der Waals surface area contributed by atoms with E-state index in [9.17, 15) is 15.0 Å². The molecule has 0 amide bonds. The van der Waals surface area contributed by atoms with Crippen LogP contribution in [0.2, 0.25) is 0 Å². The molecule has 2 N–H and O–H groups in total. The minimum absolute atomic E-state index is 0.107. The average Bonchev–Trinajstić information content (AvgIpc) is 3.47. The Morgan fingerprint density at radius 1 is 1.21 bits per heavy atom. The number of hydrogen-bond acceptors (Lipinski definition) is 6. The summed E-state index contributed by atoms with van der Waals surface area (Å²) in [6.07, 6.45) is 14.2. The zero-order valence-corrected chi connectivity index (χ0v) is 27.6. The second-order valence-electron chi connectivity index (χ2n) is 15.3. The molecule has 0 spiro atoms. The fourth-order valence-electron chi connectivity index (χ4n) is 8.44. The van der Waals surface area contributed by atoms with E-state index in [0.717, 1.165) is 54.0 Å². The van der Waals surface area contributed by atoms with Gasteiger partial charge in [-0.15, -0.1) is 11.3 Å². The van der Waals surface area contributed by atoms with Crippen molar-refractivity contribution < 1.29 is 19.7 Å². The minimum atomic E-state index is -0.646. The molecule has 0 radical (unpaired) electrons. The van der Waals surface area contributed by atoms with E-state index in [4.69, 9.17) is 9.72 Å². The molecule has 42 heavy (non-hydrogen) atoms. The number of carbonyl (C=O) groups excluding carboxylic acids is 1. The summed E-state index contributed by atoms with van der Waals surface area (Å²) in [5, 5.41) is 23.8. The number of thiazole rings is 1. The van der Waals surface area contributed by atoms with Gasteiger partial charge in [0, 0.05) is 17.5 Å². The van der Waals surface area contributed by atoms with Crippen molar-refractivity contribution in [2.45, 2.75) is 136 Å². The van der Waals surface area contributed by atoms with Crippen LogP contribution in [0.3, 0.4) is 0 Å². The van der Waals surface area contributed by atoms with E-state index < -0.39 is 17.6 Å². The zero-order valence-electron chi connectivity index (χ0n) is 26.7. The zero-order chi connectivity index (χ0) is 30.4. The molecule has 1 aromatic rings. The first-order valence-electron chi connectivity index (χ1n) is 16.3. The Morgan fingerprint density at radius 3 is 2.60 bits per heavy atom. The lowest BCUT2D eigenvalue weighted by molar-refractivity contribution is -0.161. The molecule has 1 aromatic heterocycles. The van der Waals surface area contributed by atoms with Crippen LogP contribution in [-0.4, -0.2) is 39.5 Å². The summed E-state index contributed by atoms with van der Waals surface area (Å²) in [5.41, 5.74) is 3.97. The number of aromatic nitrogens is 1. The second-order valence-corrected chi connectivity index (χ2v) is 16.2. The van der Waals surface area contributed by atoms with E-state index in [2.05, 4.69) is 38.0 Å². The number of carbonyl (C=O) groups is 1. The van der Waals surface area contributed by atoms with E-state index in [0.29, 0.717) is 30.6 Å². The highest BCUT2D eigenvalue weighted by molar-refractivity contribution is 7.09. The van der Waals surface area contributed by atoms with Gasteiger partial charge in [0.25, 0.3) is 0 Å². The molecule has 0 bridgehead atoms. The lowest BCUT2D eigenvalue weighted by Gasteiger charge is -2.44. The number of ether oxygens (including phenoxy) is 1. The van der Waals surface area contributed by atoms with Gasteiger partial charge in [0.2, 0.25) is 0 Å². The Balaban J connectivity index is 1.30. The third-order valence-corrected chi connectivity index (χ3v) is 12.4. The van der Waals surface area contributed by atoms with E-state index >= 15 is 0 Å². The molecule has 0 saturated heterocycles. The molecule has 0 aromatic carbocycles. The van der Waals surface area contributed by atoms with E-state index in [1.165, 1.54) is 31.3 Å². The van der Waals surface area contributed by atoms with Crippen molar-refractivity contribution in [2.75, 3.05) is 0 Å². The van der Waals surface area contributed by atoms with Gasteiger partial charge in [-0.3, -0.25) is 4.79 Å². The van der Waals surface area contributed by atoms with Crippen LogP contribution >= 0.6 is 11.3 Å². The van der Waals surface area contributed by atoms with Crippen LogP contribution < -0.4 is 0 Å². The fraction of sp³-hybridized carbons (Fsp3) is 0.722. The highest BCUT2D eigenvalue weighted by atomic mass is 32.1. The van der Waals surface area contributed by atoms with Crippen molar-refractivity contribution in [1.29, 1.82) is 0 Å². The van der Waals surface area contributed by atoms with E-state index in [-0.39, 0.29) is 22.9 Å². The van der Waals surface area contributed by atoms with Gasteiger partial charge in [0.15, 0.2) is 0 Å². The fourth-order valence-corrected chi connectivity index (χ4v) is 9.54. The maximum absolute atomic E-state index is 13.1. The van der Waals surface area contributed by atoms with Crippen LogP contribution in [0.1, 0.15) is 116 Å². The maximum atomic E-state index is 13.1. The first-order valence-corrected chi connectivity index (χ1v) is 17.2. The molecule has 4 aliphatic rings. The molecule has 0 unspecified atom stereocenters. The van der Waals surface area contributed by atoms with Gasteiger partial charge in [0.1, 0.15) is 11.1 Å². The summed E-state index contributed by atoms with van der Waals surface area (Å²) in [7, 11) is 0. The van der Waals surface area contributed by atoms with Crippen molar-refractivity contribution in [1.82, 2.24) is 4.98 Å².